The number of hydrogen-bond acceptors (Lipinski definition) is 6. The molecular formula is C19H14N6O2S. The zero-order valence-electron chi connectivity index (χ0n) is 14.8. The minimum absolute atomic E-state index is 0.0720. The highest BCUT2D eigenvalue weighted by Gasteiger charge is 2.22. The summed E-state index contributed by atoms with van der Waals surface area (Å²) >= 11 is 1.51. The Morgan fingerprint density at radius 1 is 1.21 bits per heavy atom. The Labute approximate surface area is 164 Å². The number of carbonyl (C=O) groups is 2. The van der Waals surface area contributed by atoms with Crippen molar-refractivity contribution in [1.82, 2.24) is 14.8 Å². The van der Waals surface area contributed by atoms with Gasteiger partial charge in [0.2, 0.25) is 0 Å². The maximum Gasteiger partial charge on any atom is 0.281 e. The first-order valence-electron chi connectivity index (χ1n) is 8.26. The van der Waals surface area contributed by atoms with Gasteiger partial charge < -0.3 is 5.32 Å². The Kier molecular flexibility index (Phi) is 4.50. The Morgan fingerprint density at radius 3 is 2.68 bits per heavy atom. The van der Waals surface area contributed by atoms with Crippen molar-refractivity contribution in [3.8, 4) is 10.6 Å². The first kappa shape index (κ1) is 17.7. The number of hydrogen-bond donors (Lipinski definition) is 1. The molecule has 1 N–H and O–H groups in total. The normalized spacial score (nSPS) is 13.9. The van der Waals surface area contributed by atoms with Gasteiger partial charge in [-0.05, 0) is 30.5 Å². The maximum atomic E-state index is 12.6. The minimum Gasteiger partial charge on any atom is -0.306 e. The van der Waals surface area contributed by atoms with Gasteiger partial charge in [-0.3, -0.25) is 14.6 Å². The quantitative estimate of drug-likeness (QED) is 0.695. The smallest absolute Gasteiger partial charge is 0.281 e. The first-order chi connectivity index (χ1) is 13.5. The molecule has 4 rings (SSSR count). The van der Waals surface area contributed by atoms with Gasteiger partial charge in [-0.15, -0.1) is 11.3 Å². The van der Waals surface area contributed by atoms with Crippen molar-refractivity contribution < 1.29 is 9.59 Å². The molecule has 9 heteroatoms. The lowest BCUT2D eigenvalue weighted by Gasteiger charge is -2.12. The fourth-order valence-electron chi connectivity index (χ4n) is 2.51. The number of aliphatic imine (C=N–C) groups is 2. The number of thiophene rings is 1. The lowest BCUT2D eigenvalue weighted by atomic mass is 10.2. The van der Waals surface area contributed by atoms with E-state index in [0.29, 0.717) is 22.8 Å². The number of aromatic nitrogens is 3. The van der Waals surface area contributed by atoms with E-state index < -0.39 is 5.91 Å². The van der Waals surface area contributed by atoms with E-state index in [9.17, 15) is 9.59 Å². The number of pyridine rings is 1. The lowest BCUT2D eigenvalue weighted by molar-refractivity contribution is -0.113. The largest absolute Gasteiger partial charge is 0.306 e. The van der Waals surface area contributed by atoms with Crippen molar-refractivity contribution >= 4 is 40.6 Å². The summed E-state index contributed by atoms with van der Waals surface area (Å²) in [5.41, 5.74) is 1.76. The fraction of sp³-hybridized carbons (Fsp3) is 0.0526. The van der Waals surface area contributed by atoms with Crippen LogP contribution >= 0.6 is 11.3 Å². The first-order valence-corrected chi connectivity index (χ1v) is 9.14. The van der Waals surface area contributed by atoms with Gasteiger partial charge in [0.25, 0.3) is 17.8 Å². The van der Waals surface area contributed by atoms with E-state index in [1.54, 1.807) is 25.1 Å². The van der Waals surface area contributed by atoms with Gasteiger partial charge in [-0.1, -0.05) is 12.6 Å². The molecule has 4 heterocycles. The second kappa shape index (κ2) is 7.12. The molecular weight excluding hydrogens is 376 g/mol. The number of anilines is 1. The van der Waals surface area contributed by atoms with Gasteiger partial charge in [0.1, 0.15) is 11.5 Å². The van der Waals surface area contributed by atoms with Crippen LogP contribution in [0.4, 0.5) is 5.82 Å². The van der Waals surface area contributed by atoms with E-state index in [4.69, 9.17) is 0 Å². The molecule has 0 saturated carbocycles. The standard InChI is InChI=1S/C19H14N6O2S/c1-11-12(2)21-19(23-17(11)26)25-16(10-14(24-25)15-4-3-9-28-15)22-18(27)13-5-7-20-8-6-13/h3-10H,1H2,2H3,(H,22,27). The van der Waals surface area contributed by atoms with Gasteiger partial charge in [0, 0.05) is 24.0 Å². The topological polar surface area (TPSA) is 102 Å². The third kappa shape index (κ3) is 3.30. The van der Waals surface area contributed by atoms with Crippen molar-refractivity contribution in [2.45, 2.75) is 6.92 Å². The number of carbonyl (C=O) groups excluding carboxylic acids is 2. The summed E-state index contributed by atoms with van der Waals surface area (Å²) in [4.78, 5) is 37.7. The minimum atomic E-state index is -0.484. The van der Waals surface area contributed by atoms with Crippen LogP contribution in [-0.4, -0.2) is 38.3 Å². The molecule has 0 spiro atoms. The van der Waals surface area contributed by atoms with Crippen LogP contribution < -0.4 is 5.32 Å². The molecule has 0 bridgehead atoms. The molecule has 1 aliphatic heterocycles. The number of amides is 2. The molecule has 0 aliphatic carbocycles. The van der Waals surface area contributed by atoms with E-state index in [0.717, 1.165) is 4.88 Å². The number of rotatable bonds is 3. The summed E-state index contributed by atoms with van der Waals surface area (Å²) in [6.07, 6.45) is 3.07. The van der Waals surface area contributed by atoms with Crippen LogP contribution in [0.5, 0.6) is 0 Å². The Hall–Kier alpha value is -3.72. The van der Waals surface area contributed by atoms with Gasteiger partial charge in [0.15, 0.2) is 0 Å². The average Bonchev–Trinajstić information content (AvgIpc) is 3.36. The molecule has 0 saturated heterocycles. The molecule has 0 unspecified atom stereocenters. The molecule has 1 aliphatic rings. The highest BCUT2D eigenvalue weighted by Crippen LogP contribution is 2.27. The van der Waals surface area contributed by atoms with E-state index in [1.165, 1.54) is 28.4 Å². The van der Waals surface area contributed by atoms with Crippen molar-refractivity contribution in [2.75, 3.05) is 5.32 Å². The van der Waals surface area contributed by atoms with Crippen LogP contribution in [0.3, 0.4) is 0 Å². The van der Waals surface area contributed by atoms with Gasteiger partial charge in [-0.2, -0.15) is 14.8 Å². The Morgan fingerprint density at radius 2 is 2.00 bits per heavy atom. The zero-order chi connectivity index (χ0) is 19.7. The lowest BCUT2D eigenvalue weighted by Crippen LogP contribution is -2.25. The SMILES string of the molecule is C=C1C(=O)N=C(n2nc(-c3cccs3)cc2NC(=O)c2ccncc2)N=C1C. The molecule has 0 aromatic carbocycles. The summed E-state index contributed by atoms with van der Waals surface area (Å²) < 4.78 is 1.35. The summed E-state index contributed by atoms with van der Waals surface area (Å²) in [6, 6.07) is 8.73. The molecule has 2 amide bonds. The maximum absolute atomic E-state index is 12.6. The molecule has 0 fully saturated rings. The van der Waals surface area contributed by atoms with Crippen LogP contribution in [-0.2, 0) is 4.79 Å². The van der Waals surface area contributed by atoms with Gasteiger partial charge >= 0.3 is 0 Å². The van der Waals surface area contributed by atoms with Crippen molar-refractivity contribution in [2.24, 2.45) is 9.98 Å². The predicted octanol–water partition coefficient (Wildman–Crippen LogP) is 3.02. The number of nitrogens with one attached hydrogen (secondary N) is 1. The third-order valence-electron chi connectivity index (χ3n) is 4.02. The second-order valence-corrected chi connectivity index (χ2v) is 6.83. The van der Waals surface area contributed by atoms with Crippen LogP contribution in [0.1, 0.15) is 17.3 Å². The highest BCUT2D eigenvalue weighted by molar-refractivity contribution is 7.13. The second-order valence-electron chi connectivity index (χ2n) is 5.89. The Balaban J connectivity index is 1.77. The van der Waals surface area contributed by atoms with E-state index >= 15 is 0 Å². The number of nitrogens with zero attached hydrogens (tertiary/aromatic N) is 5. The zero-order valence-corrected chi connectivity index (χ0v) is 15.6. The third-order valence-corrected chi connectivity index (χ3v) is 4.91. The van der Waals surface area contributed by atoms with Crippen LogP contribution in [0.2, 0.25) is 0 Å². The van der Waals surface area contributed by atoms with Crippen molar-refractivity contribution in [1.29, 1.82) is 0 Å². The Bertz CT molecular complexity index is 1140. The van der Waals surface area contributed by atoms with E-state index in [1.807, 2.05) is 17.5 Å². The molecule has 138 valence electrons. The summed E-state index contributed by atoms with van der Waals surface area (Å²) in [7, 11) is 0. The summed E-state index contributed by atoms with van der Waals surface area (Å²) in [5.74, 6) is -0.403. The molecule has 28 heavy (non-hydrogen) atoms. The van der Waals surface area contributed by atoms with Crippen molar-refractivity contribution in [3.63, 3.8) is 0 Å². The molecule has 3 aromatic rings. The highest BCUT2D eigenvalue weighted by atomic mass is 32.1. The monoisotopic (exact) mass is 390 g/mol. The summed E-state index contributed by atoms with van der Waals surface area (Å²) in [5, 5.41) is 9.23. The van der Waals surface area contributed by atoms with Gasteiger partial charge in [0.05, 0.1) is 16.2 Å². The van der Waals surface area contributed by atoms with E-state index in [-0.39, 0.29) is 17.4 Å². The molecule has 8 nitrogen and oxygen atoms in total. The summed E-state index contributed by atoms with van der Waals surface area (Å²) in [6.45, 7) is 5.34. The molecule has 0 atom stereocenters. The predicted molar refractivity (Wildman–Crippen MR) is 108 cm³/mol. The molecule has 0 radical (unpaired) electrons. The van der Waals surface area contributed by atoms with Crippen LogP contribution in [0.25, 0.3) is 10.6 Å². The van der Waals surface area contributed by atoms with Crippen LogP contribution in [0.15, 0.2) is 70.2 Å². The van der Waals surface area contributed by atoms with E-state index in [2.05, 4.69) is 32.0 Å². The average molecular weight is 390 g/mol. The fourth-order valence-corrected chi connectivity index (χ4v) is 3.19. The van der Waals surface area contributed by atoms with Crippen molar-refractivity contribution in [3.05, 3.63) is 65.8 Å². The molecule has 3 aromatic heterocycles. The van der Waals surface area contributed by atoms with Crippen LogP contribution in [0, 0.1) is 0 Å². The van der Waals surface area contributed by atoms with Gasteiger partial charge in [-0.25, -0.2) is 4.99 Å².